The fraction of sp³-hybridized carbons (Fsp3) is 0.385. The van der Waals surface area contributed by atoms with E-state index in [1.165, 1.54) is 12.1 Å². The number of carboxylic acids is 1. The van der Waals surface area contributed by atoms with Crippen LogP contribution >= 0.6 is 0 Å². The molecule has 0 spiro atoms. The van der Waals surface area contributed by atoms with Crippen LogP contribution in [0.5, 0.6) is 0 Å². The number of carbonyl (C=O) groups is 2. The monoisotopic (exact) mass is 251 g/mol. The predicted octanol–water partition coefficient (Wildman–Crippen LogP) is 1.73. The number of nitrogens with one attached hydrogen (secondary N) is 1. The van der Waals surface area contributed by atoms with Crippen molar-refractivity contribution < 1.29 is 19.1 Å². The van der Waals surface area contributed by atoms with Gasteiger partial charge in [-0.3, -0.25) is 9.59 Å². The average molecular weight is 251 g/mol. The van der Waals surface area contributed by atoms with E-state index in [1.807, 2.05) is 0 Å². The number of amides is 1. The van der Waals surface area contributed by atoms with Gasteiger partial charge in [0, 0.05) is 11.6 Å². The number of aryl methyl sites for hydroxylation is 1. The van der Waals surface area contributed by atoms with Gasteiger partial charge in [-0.05, 0) is 37.5 Å². The predicted molar refractivity (Wildman–Crippen MR) is 62.8 cm³/mol. The lowest BCUT2D eigenvalue weighted by atomic mass is 9.80. The number of hydrogen-bond acceptors (Lipinski definition) is 2. The molecule has 1 aliphatic carbocycles. The number of benzene rings is 1. The highest BCUT2D eigenvalue weighted by Gasteiger charge is 2.35. The molecule has 1 aromatic rings. The molecule has 18 heavy (non-hydrogen) atoms. The highest BCUT2D eigenvalue weighted by Crippen LogP contribution is 2.27. The maximum atomic E-state index is 13.1. The third kappa shape index (κ3) is 2.50. The van der Waals surface area contributed by atoms with Crippen LogP contribution in [0.3, 0.4) is 0 Å². The standard InChI is InChI=1S/C13H14FNO3/c1-7-2-3-9(14)6-11(7)12(16)15-10-4-8(5-10)13(17)18/h2-3,6,8,10H,4-5H2,1H3,(H,15,16)(H,17,18). The Hall–Kier alpha value is -1.91. The fourth-order valence-corrected chi connectivity index (χ4v) is 2.04. The Morgan fingerprint density at radius 3 is 2.67 bits per heavy atom. The first-order valence-corrected chi connectivity index (χ1v) is 5.77. The zero-order valence-electron chi connectivity index (χ0n) is 9.94. The summed E-state index contributed by atoms with van der Waals surface area (Å²) < 4.78 is 13.1. The van der Waals surface area contributed by atoms with E-state index in [-0.39, 0.29) is 17.9 Å². The van der Waals surface area contributed by atoms with Crippen molar-refractivity contribution in [2.75, 3.05) is 0 Å². The lowest BCUT2D eigenvalue weighted by molar-refractivity contribution is -0.145. The zero-order valence-corrected chi connectivity index (χ0v) is 9.94. The van der Waals surface area contributed by atoms with Crippen LogP contribution in [0, 0.1) is 18.7 Å². The van der Waals surface area contributed by atoms with Crippen LogP contribution in [0.15, 0.2) is 18.2 Å². The van der Waals surface area contributed by atoms with Crippen molar-refractivity contribution in [1.82, 2.24) is 5.32 Å². The Kier molecular flexibility index (Phi) is 3.32. The number of carbonyl (C=O) groups excluding carboxylic acids is 1. The number of aliphatic carboxylic acids is 1. The summed E-state index contributed by atoms with van der Waals surface area (Å²) in [6.07, 6.45) is 0.880. The molecule has 0 unspecified atom stereocenters. The molecule has 0 heterocycles. The zero-order chi connectivity index (χ0) is 13.3. The van der Waals surface area contributed by atoms with E-state index in [4.69, 9.17) is 5.11 Å². The van der Waals surface area contributed by atoms with Crippen LogP contribution < -0.4 is 5.32 Å². The van der Waals surface area contributed by atoms with Crippen molar-refractivity contribution in [2.45, 2.75) is 25.8 Å². The number of halogens is 1. The van der Waals surface area contributed by atoms with Crippen molar-refractivity contribution in [2.24, 2.45) is 5.92 Å². The van der Waals surface area contributed by atoms with E-state index >= 15 is 0 Å². The molecule has 0 saturated heterocycles. The summed E-state index contributed by atoms with van der Waals surface area (Å²) in [6.45, 7) is 1.73. The molecule has 2 rings (SSSR count). The summed E-state index contributed by atoms with van der Waals surface area (Å²) >= 11 is 0. The van der Waals surface area contributed by atoms with E-state index < -0.39 is 11.8 Å². The summed E-state index contributed by atoms with van der Waals surface area (Å²) in [5.41, 5.74) is 0.997. The first kappa shape index (κ1) is 12.5. The van der Waals surface area contributed by atoms with Gasteiger partial charge in [-0.1, -0.05) is 6.07 Å². The lowest BCUT2D eigenvalue weighted by Crippen LogP contribution is -2.46. The van der Waals surface area contributed by atoms with Gasteiger partial charge in [0.05, 0.1) is 5.92 Å². The first-order valence-electron chi connectivity index (χ1n) is 5.77. The van der Waals surface area contributed by atoms with E-state index in [0.29, 0.717) is 24.0 Å². The summed E-state index contributed by atoms with van der Waals surface area (Å²) in [5.74, 6) is -2.00. The van der Waals surface area contributed by atoms with Crippen molar-refractivity contribution in [3.8, 4) is 0 Å². The van der Waals surface area contributed by atoms with Crippen LogP contribution in [0.2, 0.25) is 0 Å². The molecule has 0 atom stereocenters. The number of hydrogen-bond donors (Lipinski definition) is 2. The van der Waals surface area contributed by atoms with Gasteiger partial charge in [0.2, 0.25) is 0 Å². The minimum absolute atomic E-state index is 0.124. The highest BCUT2D eigenvalue weighted by molar-refractivity contribution is 5.96. The molecule has 0 aromatic heterocycles. The van der Waals surface area contributed by atoms with Crippen LogP contribution in [-0.2, 0) is 4.79 Å². The topological polar surface area (TPSA) is 66.4 Å². The molecule has 0 aliphatic heterocycles. The molecule has 96 valence electrons. The molecule has 1 saturated carbocycles. The normalized spacial score (nSPS) is 22.1. The first-order chi connectivity index (χ1) is 8.47. The van der Waals surface area contributed by atoms with E-state index in [2.05, 4.69) is 5.32 Å². The Morgan fingerprint density at radius 2 is 2.06 bits per heavy atom. The van der Waals surface area contributed by atoms with Gasteiger partial charge in [0.25, 0.3) is 5.91 Å². The van der Waals surface area contributed by atoms with E-state index in [0.717, 1.165) is 0 Å². The SMILES string of the molecule is Cc1ccc(F)cc1C(=O)NC1CC(C(=O)O)C1. The Balaban J connectivity index is 1.97. The van der Waals surface area contributed by atoms with Crippen molar-refractivity contribution in [1.29, 1.82) is 0 Å². The third-order valence-corrected chi connectivity index (χ3v) is 3.27. The maximum absolute atomic E-state index is 13.1. The van der Waals surface area contributed by atoms with Gasteiger partial charge in [-0.2, -0.15) is 0 Å². The maximum Gasteiger partial charge on any atom is 0.306 e. The number of rotatable bonds is 3. The second-order valence-corrected chi connectivity index (χ2v) is 4.64. The molecule has 0 bridgehead atoms. The van der Waals surface area contributed by atoms with Crippen LogP contribution in [0.1, 0.15) is 28.8 Å². The molecule has 4 nitrogen and oxygen atoms in total. The summed E-state index contributed by atoms with van der Waals surface area (Å²) in [6, 6.07) is 3.92. The van der Waals surface area contributed by atoms with Gasteiger partial charge >= 0.3 is 5.97 Å². The summed E-state index contributed by atoms with van der Waals surface area (Å²) in [7, 11) is 0. The van der Waals surface area contributed by atoms with Gasteiger partial charge in [0.15, 0.2) is 0 Å². The van der Waals surface area contributed by atoms with Gasteiger partial charge in [-0.15, -0.1) is 0 Å². The van der Waals surface area contributed by atoms with Crippen molar-refractivity contribution in [3.05, 3.63) is 35.1 Å². The second-order valence-electron chi connectivity index (χ2n) is 4.64. The lowest BCUT2D eigenvalue weighted by Gasteiger charge is -2.32. The molecular weight excluding hydrogens is 237 g/mol. The van der Waals surface area contributed by atoms with Crippen molar-refractivity contribution in [3.63, 3.8) is 0 Å². The van der Waals surface area contributed by atoms with Gasteiger partial charge in [-0.25, -0.2) is 4.39 Å². The average Bonchev–Trinajstić information content (AvgIpc) is 2.25. The Morgan fingerprint density at radius 1 is 1.39 bits per heavy atom. The molecule has 5 heteroatoms. The number of carboxylic acid groups (broad SMARTS) is 1. The second kappa shape index (κ2) is 4.76. The Labute approximate surface area is 104 Å². The summed E-state index contributed by atoms with van der Waals surface area (Å²) in [4.78, 5) is 22.5. The van der Waals surface area contributed by atoms with E-state index in [1.54, 1.807) is 13.0 Å². The quantitative estimate of drug-likeness (QED) is 0.859. The van der Waals surface area contributed by atoms with Gasteiger partial charge in [0.1, 0.15) is 5.82 Å². The van der Waals surface area contributed by atoms with Crippen LogP contribution in [-0.4, -0.2) is 23.0 Å². The highest BCUT2D eigenvalue weighted by atomic mass is 19.1. The molecule has 2 N–H and O–H groups in total. The molecule has 1 amide bonds. The molecule has 1 aliphatic rings. The smallest absolute Gasteiger partial charge is 0.306 e. The summed E-state index contributed by atoms with van der Waals surface area (Å²) in [5, 5.41) is 11.4. The van der Waals surface area contributed by atoms with Gasteiger partial charge < -0.3 is 10.4 Å². The minimum atomic E-state index is -0.831. The van der Waals surface area contributed by atoms with Crippen LogP contribution in [0.4, 0.5) is 4.39 Å². The van der Waals surface area contributed by atoms with Crippen molar-refractivity contribution >= 4 is 11.9 Å². The molecular formula is C13H14FNO3. The largest absolute Gasteiger partial charge is 0.481 e. The fourth-order valence-electron chi connectivity index (χ4n) is 2.04. The molecule has 0 radical (unpaired) electrons. The Bertz CT molecular complexity index is 495. The molecule has 1 fully saturated rings. The third-order valence-electron chi connectivity index (χ3n) is 3.27. The molecule has 1 aromatic carbocycles. The van der Waals surface area contributed by atoms with E-state index in [9.17, 15) is 14.0 Å². The van der Waals surface area contributed by atoms with Crippen LogP contribution in [0.25, 0.3) is 0 Å². The minimum Gasteiger partial charge on any atom is -0.481 e.